The smallest absolute Gasteiger partial charge is 0.306 e. The van der Waals surface area contributed by atoms with E-state index in [2.05, 4.69) is 0 Å². The Labute approximate surface area is 128 Å². The largest absolute Gasteiger partial charge is 0.466 e. The Hall–Kier alpha value is -0.200. The fourth-order valence-corrected chi connectivity index (χ4v) is 5.10. The standard InChI is InChI=1S/C14H22O4S2/c1-3-17-13(16)6-11-4-5-14(7-11)18-12(9-20-14)8-19-10(2)15/h11-12H,3-9H2,1-2H3. The van der Waals surface area contributed by atoms with E-state index in [1.165, 1.54) is 11.8 Å². The number of esters is 1. The van der Waals surface area contributed by atoms with E-state index in [4.69, 9.17) is 9.47 Å². The number of carbonyl (C=O) groups is 2. The molecule has 2 fully saturated rings. The highest BCUT2D eigenvalue weighted by molar-refractivity contribution is 8.13. The Balaban J connectivity index is 1.77. The molecule has 0 aromatic rings. The molecular weight excluding hydrogens is 296 g/mol. The van der Waals surface area contributed by atoms with Crippen LogP contribution in [-0.2, 0) is 19.1 Å². The summed E-state index contributed by atoms with van der Waals surface area (Å²) >= 11 is 3.19. The molecule has 1 aliphatic heterocycles. The van der Waals surface area contributed by atoms with Crippen LogP contribution in [0, 0.1) is 5.92 Å². The molecule has 0 N–H and O–H groups in total. The Bertz CT molecular complexity index is 374. The van der Waals surface area contributed by atoms with E-state index >= 15 is 0 Å². The zero-order chi connectivity index (χ0) is 14.6. The van der Waals surface area contributed by atoms with Crippen molar-refractivity contribution in [3.8, 4) is 0 Å². The Morgan fingerprint density at radius 3 is 3.00 bits per heavy atom. The van der Waals surface area contributed by atoms with Crippen molar-refractivity contribution in [2.24, 2.45) is 5.92 Å². The first-order valence-corrected chi connectivity index (χ1v) is 9.11. The van der Waals surface area contributed by atoms with E-state index in [0.717, 1.165) is 30.8 Å². The summed E-state index contributed by atoms with van der Waals surface area (Å²) in [7, 11) is 0. The topological polar surface area (TPSA) is 52.6 Å². The maximum atomic E-state index is 11.5. The summed E-state index contributed by atoms with van der Waals surface area (Å²) in [6, 6.07) is 0. The van der Waals surface area contributed by atoms with E-state index in [0.29, 0.717) is 18.9 Å². The van der Waals surface area contributed by atoms with Crippen molar-refractivity contribution in [2.45, 2.75) is 50.6 Å². The fraction of sp³-hybridized carbons (Fsp3) is 0.857. The maximum Gasteiger partial charge on any atom is 0.306 e. The van der Waals surface area contributed by atoms with Crippen LogP contribution in [0.5, 0.6) is 0 Å². The molecule has 3 unspecified atom stereocenters. The lowest BCUT2D eigenvalue weighted by Crippen LogP contribution is -2.25. The molecule has 0 aromatic heterocycles. The van der Waals surface area contributed by atoms with E-state index in [1.807, 2.05) is 18.7 Å². The van der Waals surface area contributed by atoms with E-state index < -0.39 is 0 Å². The third kappa shape index (κ3) is 4.40. The summed E-state index contributed by atoms with van der Waals surface area (Å²) in [5, 5.41) is 0.145. The van der Waals surface area contributed by atoms with Crippen molar-refractivity contribution in [3.05, 3.63) is 0 Å². The minimum absolute atomic E-state index is 0.0961. The van der Waals surface area contributed by atoms with Crippen LogP contribution < -0.4 is 0 Å². The van der Waals surface area contributed by atoms with Crippen molar-refractivity contribution >= 4 is 34.6 Å². The molecule has 6 heteroatoms. The van der Waals surface area contributed by atoms with Gasteiger partial charge in [-0.05, 0) is 32.1 Å². The summed E-state index contributed by atoms with van der Waals surface area (Å²) in [5.74, 6) is 1.97. The number of hydrogen-bond donors (Lipinski definition) is 0. The Morgan fingerprint density at radius 2 is 2.30 bits per heavy atom. The molecule has 2 aliphatic rings. The van der Waals surface area contributed by atoms with Crippen LogP contribution in [0.4, 0.5) is 0 Å². The number of hydrogen-bond acceptors (Lipinski definition) is 6. The van der Waals surface area contributed by atoms with Gasteiger partial charge in [0.15, 0.2) is 5.12 Å². The summed E-state index contributed by atoms with van der Waals surface area (Å²) in [4.78, 5) is 22.4. The molecule has 3 atom stereocenters. The molecule has 1 aliphatic carbocycles. The van der Waals surface area contributed by atoms with Crippen LogP contribution in [0.15, 0.2) is 0 Å². The molecule has 1 saturated carbocycles. The zero-order valence-corrected chi connectivity index (χ0v) is 13.7. The average molecular weight is 318 g/mol. The fourth-order valence-electron chi connectivity index (χ4n) is 2.85. The van der Waals surface area contributed by atoms with Crippen molar-refractivity contribution in [1.29, 1.82) is 0 Å². The van der Waals surface area contributed by atoms with Crippen LogP contribution in [0.3, 0.4) is 0 Å². The quantitative estimate of drug-likeness (QED) is 0.727. The van der Waals surface area contributed by atoms with Gasteiger partial charge >= 0.3 is 5.97 Å². The number of ether oxygens (including phenoxy) is 2. The number of carbonyl (C=O) groups excluding carboxylic acids is 2. The molecule has 1 spiro atoms. The normalized spacial score (nSPS) is 32.7. The molecule has 1 heterocycles. The minimum atomic E-state index is -0.112. The molecule has 114 valence electrons. The van der Waals surface area contributed by atoms with Crippen LogP contribution in [0.25, 0.3) is 0 Å². The van der Waals surface area contributed by atoms with Gasteiger partial charge < -0.3 is 9.47 Å². The Kier molecular flexibility index (Phi) is 5.81. The second-order valence-electron chi connectivity index (χ2n) is 5.38. The molecular formula is C14H22O4S2. The summed E-state index contributed by atoms with van der Waals surface area (Å²) < 4.78 is 11.2. The van der Waals surface area contributed by atoms with Crippen molar-refractivity contribution < 1.29 is 19.1 Å². The molecule has 0 amide bonds. The van der Waals surface area contributed by atoms with Gasteiger partial charge in [-0.15, -0.1) is 11.8 Å². The SMILES string of the molecule is CCOC(=O)CC1CCC2(C1)OC(CSC(C)=O)CS2. The van der Waals surface area contributed by atoms with Gasteiger partial charge in [-0.3, -0.25) is 9.59 Å². The van der Waals surface area contributed by atoms with E-state index in [1.54, 1.807) is 6.92 Å². The van der Waals surface area contributed by atoms with Gasteiger partial charge in [-0.1, -0.05) is 11.8 Å². The van der Waals surface area contributed by atoms with Crippen LogP contribution >= 0.6 is 23.5 Å². The van der Waals surface area contributed by atoms with E-state index in [-0.39, 0.29) is 22.1 Å². The lowest BCUT2D eigenvalue weighted by molar-refractivity contribution is -0.144. The van der Waals surface area contributed by atoms with Gasteiger partial charge in [0.05, 0.1) is 12.7 Å². The molecule has 0 aromatic carbocycles. The lowest BCUT2D eigenvalue weighted by atomic mass is 10.0. The number of rotatable bonds is 5. The molecule has 1 saturated heterocycles. The number of thioether (sulfide) groups is 2. The third-order valence-corrected chi connectivity index (χ3v) is 6.16. The Morgan fingerprint density at radius 1 is 1.50 bits per heavy atom. The van der Waals surface area contributed by atoms with Crippen molar-refractivity contribution in [2.75, 3.05) is 18.1 Å². The zero-order valence-electron chi connectivity index (χ0n) is 12.1. The van der Waals surface area contributed by atoms with Crippen LogP contribution in [0.2, 0.25) is 0 Å². The second-order valence-corrected chi connectivity index (χ2v) is 7.95. The van der Waals surface area contributed by atoms with E-state index in [9.17, 15) is 9.59 Å². The van der Waals surface area contributed by atoms with Gasteiger partial charge in [0.1, 0.15) is 4.93 Å². The monoisotopic (exact) mass is 318 g/mol. The second kappa shape index (κ2) is 7.18. The summed E-state index contributed by atoms with van der Waals surface area (Å²) in [5.41, 5.74) is 0. The molecule has 2 rings (SSSR count). The lowest BCUT2D eigenvalue weighted by Gasteiger charge is -2.23. The summed E-state index contributed by atoms with van der Waals surface area (Å²) in [6.07, 6.45) is 3.63. The van der Waals surface area contributed by atoms with Crippen molar-refractivity contribution in [3.63, 3.8) is 0 Å². The minimum Gasteiger partial charge on any atom is -0.466 e. The highest BCUT2D eigenvalue weighted by Crippen LogP contribution is 2.51. The predicted octanol–water partition coefficient (Wildman–Crippen LogP) is 2.85. The molecule has 4 nitrogen and oxygen atoms in total. The first kappa shape index (κ1) is 16.2. The van der Waals surface area contributed by atoms with Gasteiger partial charge in [0.25, 0.3) is 0 Å². The molecule has 0 bridgehead atoms. The first-order valence-electron chi connectivity index (χ1n) is 7.14. The van der Waals surface area contributed by atoms with Gasteiger partial charge in [-0.25, -0.2) is 0 Å². The highest BCUT2D eigenvalue weighted by atomic mass is 32.2. The molecule has 20 heavy (non-hydrogen) atoms. The third-order valence-electron chi connectivity index (χ3n) is 3.68. The molecule has 0 radical (unpaired) electrons. The van der Waals surface area contributed by atoms with Crippen LogP contribution in [0.1, 0.15) is 39.5 Å². The van der Waals surface area contributed by atoms with Gasteiger partial charge in [-0.2, -0.15) is 0 Å². The predicted molar refractivity (Wildman–Crippen MR) is 81.8 cm³/mol. The summed E-state index contributed by atoms with van der Waals surface area (Å²) in [6.45, 7) is 3.88. The highest BCUT2D eigenvalue weighted by Gasteiger charge is 2.47. The van der Waals surface area contributed by atoms with Gasteiger partial charge in [0, 0.05) is 24.9 Å². The maximum absolute atomic E-state index is 11.5. The first-order chi connectivity index (χ1) is 9.53. The average Bonchev–Trinajstić information content (AvgIpc) is 2.95. The van der Waals surface area contributed by atoms with Crippen molar-refractivity contribution in [1.82, 2.24) is 0 Å². The van der Waals surface area contributed by atoms with Crippen LogP contribution in [-0.4, -0.2) is 40.2 Å². The van der Waals surface area contributed by atoms with Gasteiger partial charge in [0.2, 0.25) is 0 Å².